The van der Waals surface area contributed by atoms with Crippen molar-refractivity contribution in [3.05, 3.63) is 112 Å². The fourth-order valence-corrected chi connectivity index (χ4v) is 9.08. The molecule has 2 bridgehead atoms. The van der Waals surface area contributed by atoms with E-state index in [9.17, 15) is 9.90 Å². The van der Waals surface area contributed by atoms with Crippen LogP contribution in [-0.2, 0) is 34.2 Å². The minimum Gasteiger partial charge on any atom is -0.504 e. The monoisotopic (exact) mass is 618 g/mol. The molecule has 6 nitrogen and oxygen atoms in total. The highest BCUT2D eigenvalue weighted by molar-refractivity contribution is 6.30. The number of nitrogens with zero attached hydrogens (tertiary/aromatic N) is 2. The number of phenols is 1. The number of phenolic OH excluding ortho intramolecular Hbond substituents is 1. The van der Waals surface area contributed by atoms with E-state index < -0.39 is 17.1 Å². The second kappa shape index (κ2) is 10.1. The lowest BCUT2D eigenvalue weighted by Crippen LogP contribution is -2.76. The van der Waals surface area contributed by atoms with E-state index >= 15 is 0 Å². The number of carbonyl (C=O) groups is 1. The number of fused-ring (bicyclic) bond motifs is 2. The maximum absolute atomic E-state index is 14.1. The lowest BCUT2D eigenvalue weighted by molar-refractivity contribution is -0.210. The van der Waals surface area contributed by atoms with Gasteiger partial charge in [0.2, 0.25) is 0 Å². The van der Waals surface area contributed by atoms with Gasteiger partial charge in [0.25, 0.3) is 0 Å². The van der Waals surface area contributed by atoms with Crippen LogP contribution in [0.1, 0.15) is 59.7 Å². The summed E-state index contributed by atoms with van der Waals surface area (Å²) >= 11 is 6.21. The summed E-state index contributed by atoms with van der Waals surface area (Å²) in [6.45, 7) is 1.92. The molecule has 0 amide bonds. The zero-order valence-electron chi connectivity index (χ0n) is 25.0. The van der Waals surface area contributed by atoms with E-state index in [2.05, 4.69) is 29.2 Å². The number of piperidine rings is 1. The van der Waals surface area contributed by atoms with Gasteiger partial charge in [-0.2, -0.15) is 0 Å². The number of aromatic nitrogens is 1. The van der Waals surface area contributed by atoms with Crippen LogP contribution < -0.4 is 4.74 Å². The van der Waals surface area contributed by atoms with Gasteiger partial charge in [0, 0.05) is 41.7 Å². The smallest absolute Gasteiger partial charge is 0.306 e. The maximum atomic E-state index is 14.1. The predicted molar refractivity (Wildman–Crippen MR) is 172 cm³/mol. The first-order chi connectivity index (χ1) is 21.9. The Labute approximate surface area is 268 Å². The standard InChI is InChI=1S/C38H35ClN2O4/c39-29-12-9-25(10-13-29)28-18-27-20-38(45-32(43)15-8-23-4-2-1-3-5-23)31-19-26-11-14-30(42)35-33(26)37(38,36(44-35)34(27)40-21-28)16-17-41(31)22-24-6-7-24/h1-5,9-14,18,21,24,31,36,42H,6-8,15-17,19-20,22H2/t31?,36-,37-,38+/m0/s1. The van der Waals surface area contributed by atoms with Crippen LogP contribution in [0.25, 0.3) is 11.1 Å². The molecule has 3 aliphatic carbocycles. The minimum absolute atomic E-state index is 0.00560. The number of hydrogen-bond donors (Lipinski definition) is 1. The number of aromatic hydroxyl groups is 1. The zero-order valence-corrected chi connectivity index (χ0v) is 25.8. The molecular formula is C38H35ClN2O4. The van der Waals surface area contributed by atoms with E-state index in [1.54, 1.807) is 6.07 Å². The van der Waals surface area contributed by atoms with Crippen molar-refractivity contribution in [1.82, 2.24) is 9.88 Å². The Hall–Kier alpha value is -3.87. The van der Waals surface area contributed by atoms with Crippen molar-refractivity contribution in [1.29, 1.82) is 0 Å². The molecule has 5 aliphatic rings. The second-order valence-electron chi connectivity index (χ2n) is 13.6. The molecule has 2 aliphatic heterocycles. The first kappa shape index (κ1) is 27.4. The minimum atomic E-state index is -0.863. The van der Waals surface area contributed by atoms with Gasteiger partial charge < -0.3 is 14.6 Å². The van der Waals surface area contributed by atoms with Crippen molar-refractivity contribution in [2.75, 3.05) is 13.1 Å². The van der Waals surface area contributed by atoms with E-state index in [1.165, 1.54) is 18.4 Å². The average Bonchev–Trinajstić information content (AvgIpc) is 3.80. The Bertz CT molecular complexity index is 1820. The van der Waals surface area contributed by atoms with E-state index in [0.29, 0.717) is 36.0 Å². The molecule has 3 aromatic carbocycles. The SMILES string of the molecule is O=C(CCc1ccccc1)O[C@@]12Cc3cc(-c4ccc(Cl)cc4)cnc3[C@@H]3Oc4c(O)ccc5c4[C@@]31CCN(CC1CC1)C2C5. The molecule has 2 fully saturated rings. The van der Waals surface area contributed by atoms with Crippen molar-refractivity contribution in [2.45, 2.75) is 68.1 Å². The van der Waals surface area contributed by atoms with Gasteiger partial charge in [0.05, 0.1) is 17.2 Å². The number of esters is 1. The first-order valence-electron chi connectivity index (χ1n) is 16.2. The second-order valence-corrected chi connectivity index (χ2v) is 14.1. The van der Waals surface area contributed by atoms with Gasteiger partial charge in [0.15, 0.2) is 17.6 Å². The van der Waals surface area contributed by atoms with Crippen LogP contribution in [0, 0.1) is 5.92 Å². The number of likely N-dealkylation sites (tertiary alicyclic amines) is 1. The van der Waals surface area contributed by atoms with Crippen LogP contribution >= 0.6 is 11.6 Å². The van der Waals surface area contributed by atoms with Crippen LogP contribution in [0.4, 0.5) is 0 Å². The van der Waals surface area contributed by atoms with Crippen LogP contribution in [0.5, 0.6) is 11.5 Å². The summed E-state index contributed by atoms with van der Waals surface area (Å²) in [5.41, 5.74) is 5.76. The Balaban J connectivity index is 1.20. The Morgan fingerprint density at radius 1 is 1.04 bits per heavy atom. The molecule has 4 aromatic rings. The molecule has 3 heterocycles. The van der Waals surface area contributed by atoms with Gasteiger partial charge >= 0.3 is 5.97 Å². The van der Waals surface area contributed by atoms with E-state index in [4.69, 9.17) is 26.1 Å². The summed E-state index contributed by atoms with van der Waals surface area (Å²) in [7, 11) is 0. The molecule has 1 saturated heterocycles. The van der Waals surface area contributed by atoms with Crippen LogP contribution in [0.15, 0.2) is 79.0 Å². The predicted octanol–water partition coefficient (Wildman–Crippen LogP) is 6.99. The van der Waals surface area contributed by atoms with Crippen molar-refractivity contribution < 1.29 is 19.4 Å². The van der Waals surface area contributed by atoms with Crippen LogP contribution in [-0.4, -0.2) is 45.7 Å². The molecule has 45 heavy (non-hydrogen) atoms. The van der Waals surface area contributed by atoms with Gasteiger partial charge in [-0.15, -0.1) is 0 Å². The number of aryl methyl sites for hydroxylation is 1. The molecule has 7 heteroatoms. The molecule has 1 aromatic heterocycles. The van der Waals surface area contributed by atoms with Crippen molar-refractivity contribution >= 4 is 17.6 Å². The Morgan fingerprint density at radius 2 is 1.87 bits per heavy atom. The van der Waals surface area contributed by atoms with E-state index in [0.717, 1.165) is 59.4 Å². The fraction of sp³-hybridized carbons (Fsp3) is 0.368. The molecule has 1 spiro atoms. The Morgan fingerprint density at radius 3 is 2.67 bits per heavy atom. The highest BCUT2D eigenvalue weighted by Gasteiger charge is 2.75. The summed E-state index contributed by atoms with van der Waals surface area (Å²) in [5, 5.41) is 11.8. The van der Waals surface area contributed by atoms with E-state index in [1.807, 2.05) is 48.7 Å². The van der Waals surface area contributed by atoms with Crippen molar-refractivity contribution in [3.63, 3.8) is 0 Å². The summed E-state index contributed by atoms with van der Waals surface area (Å²) in [4.78, 5) is 21.8. The molecule has 0 radical (unpaired) electrons. The number of benzene rings is 3. The number of halogens is 1. The maximum Gasteiger partial charge on any atom is 0.306 e. The van der Waals surface area contributed by atoms with Crippen LogP contribution in [0.3, 0.4) is 0 Å². The lowest BCUT2D eigenvalue weighted by atomic mass is 9.48. The number of carbonyl (C=O) groups excluding carboxylic acids is 1. The van der Waals surface area contributed by atoms with Crippen molar-refractivity contribution in [2.24, 2.45) is 5.92 Å². The molecule has 228 valence electrons. The van der Waals surface area contributed by atoms with Gasteiger partial charge in [-0.1, -0.05) is 60.1 Å². The first-order valence-corrected chi connectivity index (χ1v) is 16.6. The van der Waals surface area contributed by atoms with Gasteiger partial charge in [0.1, 0.15) is 5.60 Å². The zero-order chi connectivity index (χ0) is 30.3. The molecule has 4 atom stereocenters. The lowest BCUT2D eigenvalue weighted by Gasteiger charge is -2.64. The average molecular weight is 619 g/mol. The third-order valence-corrected chi connectivity index (χ3v) is 11.4. The van der Waals surface area contributed by atoms with Gasteiger partial charge in [-0.05, 0) is 91.1 Å². The Kier molecular flexibility index (Phi) is 6.14. The summed E-state index contributed by atoms with van der Waals surface area (Å²) in [6, 6.07) is 23.9. The molecular weight excluding hydrogens is 584 g/mol. The topological polar surface area (TPSA) is 71.9 Å². The largest absolute Gasteiger partial charge is 0.504 e. The van der Waals surface area contributed by atoms with Gasteiger partial charge in [-0.25, -0.2) is 0 Å². The third-order valence-electron chi connectivity index (χ3n) is 11.1. The normalized spacial score (nSPS) is 27.3. The van der Waals surface area contributed by atoms with Gasteiger partial charge in [-0.3, -0.25) is 14.7 Å². The fourth-order valence-electron chi connectivity index (χ4n) is 8.95. The number of hydrogen-bond acceptors (Lipinski definition) is 6. The molecule has 1 unspecified atom stereocenters. The molecule has 1 N–H and O–H groups in total. The quantitative estimate of drug-likeness (QED) is 0.225. The number of rotatable bonds is 7. The number of pyridine rings is 1. The highest BCUT2D eigenvalue weighted by Crippen LogP contribution is 2.69. The number of ether oxygens (including phenoxy) is 2. The van der Waals surface area contributed by atoms with E-state index in [-0.39, 0.29) is 17.8 Å². The summed E-state index contributed by atoms with van der Waals surface area (Å²) in [5.74, 6) is 1.19. The molecule has 9 rings (SSSR count). The molecule has 1 saturated carbocycles. The summed E-state index contributed by atoms with van der Waals surface area (Å²) in [6.07, 6.45) is 6.97. The van der Waals surface area contributed by atoms with Crippen LogP contribution in [0.2, 0.25) is 5.02 Å². The van der Waals surface area contributed by atoms with Crippen molar-refractivity contribution in [3.8, 4) is 22.6 Å². The third kappa shape index (κ3) is 4.11. The highest BCUT2D eigenvalue weighted by atomic mass is 35.5. The summed E-state index contributed by atoms with van der Waals surface area (Å²) < 4.78 is 13.8.